The van der Waals surface area contributed by atoms with Crippen molar-refractivity contribution in [1.29, 1.82) is 0 Å². The lowest BCUT2D eigenvalue weighted by Gasteiger charge is -1.82. The van der Waals surface area contributed by atoms with E-state index in [1.165, 1.54) is 0 Å². The molecule has 0 aromatic heterocycles. The number of hydrogen-bond donors (Lipinski definition) is 0. The van der Waals surface area contributed by atoms with Crippen LogP contribution in [0.5, 0.6) is 0 Å². The normalized spacial score (nSPS) is 8.40. The highest BCUT2D eigenvalue weighted by atomic mass is 35.5. The van der Waals surface area contributed by atoms with Crippen molar-refractivity contribution in [3.8, 4) is 0 Å². The van der Waals surface area contributed by atoms with Gasteiger partial charge in [0.2, 0.25) is 0 Å². The van der Waals surface area contributed by atoms with Gasteiger partial charge in [0.05, 0.1) is 18.5 Å². The van der Waals surface area contributed by atoms with Crippen molar-refractivity contribution in [2.45, 2.75) is 6.92 Å². The van der Waals surface area contributed by atoms with Crippen LogP contribution in [-0.2, 0) is 9.33 Å². The molecule has 3 heteroatoms. The summed E-state index contributed by atoms with van der Waals surface area (Å²) in [5, 5.41) is 0. The van der Waals surface area contributed by atoms with Crippen LogP contribution in [0.1, 0.15) is 6.92 Å². The van der Waals surface area contributed by atoms with Crippen LogP contribution in [-0.4, -0.2) is 6.61 Å². The first-order valence-corrected chi connectivity index (χ1v) is 1.63. The van der Waals surface area contributed by atoms with Crippen LogP contribution >= 0.6 is 11.9 Å². The van der Waals surface area contributed by atoms with Crippen molar-refractivity contribution in [2.24, 2.45) is 0 Å². The van der Waals surface area contributed by atoms with Gasteiger partial charge in [-0.2, -0.15) is 0 Å². The van der Waals surface area contributed by atoms with Crippen LogP contribution in [0.3, 0.4) is 0 Å². The molecular weight excluding hydrogens is 91.5 g/mol. The standard InChI is InChI=1S/C2H5ClO2/c1-2-4-5-3/h2H2,1H3. The van der Waals surface area contributed by atoms with Gasteiger partial charge in [0, 0.05) is 0 Å². The van der Waals surface area contributed by atoms with Crippen molar-refractivity contribution < 1.29 is 9.33 Å². The van der Waals surface area contributed by atoms with Crippen molar-refractivity contribution in [3.05, 3.63) is 0 Å². The molecule has 0 aromatic rings. The fourth-order valence-electron chi connectivity index (χ4n) is 0.0445. The third kappa shape index (κ3) is 4.21. The highest BCUT2D eigenvalue weighted by molar-refractivity contribution is 6.06. The van der Waals surface area contributed by atoms with Gasteiger partial charge in [0.1, 0.15) is 0 Å². The van der Waals surface area contributed by atoms with Gasteiger partial charge in [-0.05, 0) is 6.92 Å². The molecule has 0 unspecified atom stereocenters. The SMILES string of the molecule is CCOOCl. The smallest absolute Gasteiger partial charge is 0.0999 e. The first-order valence-electron chi connectivity index (χ1n) is 1.32. The van der Waals surface area contributed by atoms with E-state index in [0.29, 0.717) is 6.61 Å². The zero-order valence-electron chi connectivity index (χ0n) is 2.90. The second-order valence-electron chi connectivity index (χ2n) is 0.470. The first-order chi connectivity index (χ1) is 2.41. The van der Waals surface area contributed by atoms with Crippen LogP contribution in [0, 0.1) is 0 Å². The molecule has 0 saturated heterocycles. The van der Waals surface area contributed by atoms with Crippen LogP contribution in [0.4, 0.5) is 0 Å². The topological polar surface area (TPSA) is 18.5 Å². The molecule has 0 radical (unpaired) electrons. The van der Waals surface area contributed by atoms with Gasteiger partial charge in [0.15, 0.2) is 0 Å². The molecule has 0 spiro atoms. The van der Waals surface area contributed by atoms with Crippen LogP contribution in [0.2, 0.25) is 0 Å². The summed E-state index contributed by atoms with van der Waals surface area (Å²) in [5.41, 5.74) is 0. The van der Waals surface area contributed by atoms with Crippen LogP contribution in [0.25, 0.3) is 0 Å². The lowest BCUT2D eigenvalue weighted by atomic mass is 10.9. The third-order valence-electron chi connectivity index (χ3n) is 0.162. The Hall–Kier alpha value is 0.210. The average molecular weight is 96.5 g/mol. The zero-order valence-corrected chi connectivity index (χ0v) is 3.66. The fraction of sp³-hybridized carbons (Fsp3) is 1.00. The molecule has 0 atom stereocenters. The van der Waals surface area contributed by atoms with Crippen LogP contribution < -0.4 is 0 Å². The highest BCUT2D eigenvalue weighted by Gasteiger charge is 1.66. The molecule has 5 heavy (non-hydrogen) atoms. The van der Waals surface area contributed by atoms with E-state index >= 15 is 0 Å². The van der Waals surface area contributed by atoms with E-state index in [0.717, 1.165) is 0 Å². The summed E-state index contributed by atoms with van der Waals surface area (Å²) in [7, 11) is 0. The zero-order chi connectivity index (χ0) is 4.12. The van der Waals surface area contributed by atoms with E-state index in [1.807, 2.05) is 0 Å². The summed E-state index contributed by atoms with van der Waals surface area (Å²) in [6.45, 7) is 2.27. The van der Waals surface area contributed by atoms with E-state index in [2.05, 4.69) is 21.2 Å². The minimum Gasteiger partial charge on any atom is -0.219 e. The van der Waals surface area contributed by atoms with E-state index in [4.69, 9.17) is 0 Å². The van der Waals surface area contributed by atoms with Gasteiger partial charge in [-0.3, -0.25) is 0 Å². The molecule has 0 aromatic carbocycles. The Labute approximate surface area is 35.7 Å². The Bertz CT molecular complexity index is 15.1. The fourth-order valence-corrected chi connectivity index (χ4v) is 0.134. The maximum absolute atomic E-state index is 4.58. The minimum atomic E-state index is 0.490. The van der Waals surface area contributed by atoms with Gasteiger partial charge in [0.25, 0.3) is 0 Å². The molecule has 0 amide bonds. The van der Waals surface area contributed by atoms with Crippen molar-refractivity contribution in [2.75, 3.05) is 6.61 Å². The summed E-state index contributed by atoms with van der Waals surface area (Å²) < 4.78 is 3.66. The van der Waals surface area contributed by atoms with Crippen LogP contribution in [0.15, 0.2) is 0 Å². The number of rotatable bonds is 2. The summed E-state index contributed by atoms with van der Waals surface area (Å²) in [4.78, 5) is 4.10. The summed E-state index contributed by atoms with van der Waals surface area (Å²) in [6.07, 6.45) is 0. The summed E-state index contributed by atoms with van der Waals surface area (Å²) in [5.74, 6) is 0. The largest absolute Gasteiger partial charge is 0.219 e. The van der Waals surface area contributed by atoms with Crippen molar-refractivity contribution >= 4 is 11.9 Å². The molecule has 0 rings (SSSR count). The summed E-state index contributed by atoms with van der Waals surface area (Å²) in [6, 6.07) is 0. The molecule has 0 heterocycles. The summed E-state index contributed by atoms with van der Waals surface area (Å²) >= 11 is 4.58. The Balaban J connectivity index is 2.19. The second kappa shape index (κ2) is 4.21. The van der Waals surface area contributed by atoms with Crippen molar-refractivity contribution in [1.82, 2.24) is 0 Å². The second-order valence-corrected chi connectivity index (χ2v) is 0.596. The Morgan fingerprint density at radius 1 is 1.80 bits per heavy atom. The predicted molar refractivity (Wildman–Crippen MR) is 18.6 cm³/mol. The lowest BCUT2D eigenvalue weighted by Crippen LogP contribution is -1.78. The van der Waals surface area contributed by atoms with Gasteiger partial charge in [-0.1, -0.05) is 0 Å². The van der Waals surface area contributed by atoms with E-state index in [1.54, 1.807) is 6.92 Å². The van der Waals surface area contributed by atoms with E-state index < -0.39 is 0 Å². The monoisotopic (exact) mass is 96.0 g/mol. The van der Waals surface area contributed by atoms with Crippen molar-refractivity contribution in [3.63, 3.8) is 0 Å². The average Bonchev–Trinajstić information content (AvgIpc) is 1.41. The molecule has 0 bridgehead atoms. The maximum atomic E-state index is 4.58. The van der Waals surface area contributed by atoms with Gasteiger partial charge in [-0.15, -0.1) is 4.44 Å². The first kappa shape index (κ1) is 5.21. The van der Waals surface area contributed by atoms with E-state index in [-0.39, 0.29) is 0 Å². The Kier molecular flexibility index (Phi) is 4.39. The van der Waals surface area contributed by atoms with Gasteiger partial charge in [-0.25, -0.2) is 4.89 Å². The molecule has 2 nitrogen and oxygen atoms in total. The quantitative estimate of drug-likeness (QED) is 0.379. The lowest BCUT2D eigenvalue weighted by molar-refractivity contribution is -0.197. The van der Waals surface area contributed by atoms with Gasteiger partial charge < -0.3 is 0 Å². The van der Waals surface area contributed by atoms with E-state index in [9.17, 15) is 0 Å². The third-order valence-corrected chi connectivity index (χ3v) is 0.251. The molecule has 0 aliphatic heterocycles. The molecular formula is C2H5ClO2. The Morgan fingerprint density at radius 2 is 2.40 bits per heavy atom. The molecule has 32 valence electrons. The molecule has 0 aliphatic carbocycles. The number of hydrogen-bond acceptors (Lipinski definition) is 2. The number of halogens is 1. The minimum absolute atomic E-state index is 0.490. The molecule has 0 fully saturated rings. The Morgan fingerprint density at radius 3 is 2.40 bits per heavy atom. The highest BCUT2D eigenvalue weighted by Crippen LogP contribution is 1.77. The molecule has 0 N–H and O–H groups in total. The predicted octanol–water partition coefficient (Wildman–Crippen LogP) is 1.11. The molecule has 0 saturated carbocycles. The van der Waals surface area contributed by atoms with Gasteiger partial charge >= 0.3 is 0 Å². The maximum Gasteiger partial charge on any atom is 0.0999 e. The molecule has 0 aliphatic rings.